The Morgan fingerprint density at radius 2 is 2.50 bits per heavy atom. The maximum absolute atomic E-state index is 11.5. The first-order valence-corrected chi connectivity index (χ1v) is 5.31. The maximum atomic E-state index is 11.5. The first-order valence-electron chi connectivity index (χ1n) is 4.43. The van der Waals surface area contributed by atoms with Crippen LogP contribution >= 0.6 is 11.3 Å². The first-order chi connectivity index (χ1) is 6.69. The number of carbonyl (C=O) groups excluding carboxylic acids is 1. The third-order valence-corrected chi connectivity index (χ3v) is 2.91. The number of nitrogens with one attached hydrogen (secondary N) is 1. The molecule has 0 aliphatic rings. The van der Waals surface area contributed by atoms with E-state index in [1.807, 2.05) is 31.4 Å². The Balaban J connectivity index is 2.67. The quantitative estimate of drug-likeness (QED) is 0.829. The van der Waals surface area contributed by atoms with E-state index in [0.29, 0.717) is 6.42 Å². The minimum Gasteiger partial charge on any atom is -0.316 e. The lowest BCUT2D eigenvalue weighted by Crippen LogP contribution is -2.20. The topological polar surface area (TPSA) is 52.9 Å². The summed E-state index contributed by atoms with van der Waals surface area (Å²) in [4.78, 5) is 11.5. The Labute approximate surface area is 87.4 Å². The van der Waals surface area contributed by atoms with Gasteiger partial charge >= 0.3 is 0 Å². The molecule has 4 heteroatoms. The van der Waals surface area contributed by atoms with Crippen molar-refractivity contribution in [2.45, 2.75) is 20.3 Å². The van der Waals surface area contributed by atoms with Crippen molar-refractivity contribution in [2.24, 2.45) is 5.92 Å². The number of hydrogen-bond acceptors (Lipinski definition) is 3. The van der Waals surface area contributed by atoms with E-state index in [9.17, 15) is 4.79 Å². The van der Waals surface area contributed by atoms with E-state index in [1.165, 1.54) is 11.3 Å². The second-order valence-electron chi connectivity index (χ2n) is 3.01. The summed E-state index contributed by atoms with van der Waals surface area (Å²) in [7, 11) is 0. The van der Waals surface area contributed by atoms with Gasteiger partial charge in [-0.15, -0.1) is 11.3 Å². The molecule has 14 heavy (non-hydrogen) atoms. The van der Waals surface area contributed by atoms with Gasteiger partial charge in [0.05, 0.1) is 11.1 Å². The molecule has 0 fully saturated rings. The molecule has 74 valence electrons. The molecule has 1 N–H and O–H groups in total. The van der Waals surface area contributed by atoms with Crippen molar-refractivity contribution in [3.8, 4) is 6.07 Å². The number of anilines is 1. The average molecular weight is 208 g/mol. The molecule has 0 radical (unpaired) electrons. The largest absolute Gasteiger partial charge is 0.316 e. The van der Waals surface area contributed by atoms with Crippen LogP contribution in [0, 0.1) is 24.2 Å². The molecule has 0 aliphatic heterocycles. The molecule has 1 atom stereocenters. The van der Waals surface area contributed by atoms with Gasteiger partial charge in [0.2, 0.25) is 5.91 Å². The van der Waals surface area contributed by atoms with Crippen LogP contribution in [0.4, 0.5) is 5.00 Å². The van der Waals surface area contributed by atoms with Crippen molar-refractivity contribution in [3.63, 3.8) is 0 Å². The second kappa shape index (κ2) is 4.77. The van der Waals surface area contributed by atoms with E-state index in [2.05, 4.69) is 5.32 Å². The number of hydrogen-bond donors (Lipinski definition) is 1. The predicted molar refractivity (Wildman–Crippen MR) is 57.1 cm³/mol. The number of carbonyl (C=O) groups is 1. The number of amides is 1. The molecule has 1 aromatic heterocycles. The number of thiophene rings is 1. The highest BCUT2D eigenvalue weighted by Gasteiger charge is 2.16. The monoisotopic (exact) mass is 208 g/mol. The van der Waals surface area contributed by atoms with Crippen LogP contribution in [-0.4, -0.2) is 5.91 Å². The Bertz CT molecular complexity index is 364. The van der Waals surface area contributed by atoms with Crippen molar-refractivity contribution in [2.75, 3.05) is 5.32 Å². The number of nitrogens with zero attached hydrogens (tertiary/aromatic N) is 1. The third kappa shape index (κ3) is 2.33. The summed E-state index contributed by atoms with van der Waals surface area (Å²) in [5.41, 5.74) is 1.04. The van der Waals surface area contributed by atoms with Gasteiger partial charge < -0.3 is 5.32 Å². The normalized spacial score (nSPS) is 11.8. The molecule has 0 saturated heterocycles. The average Bonchev–Trinajstić information content (AvgIpc) is 2.54. The molecule has 3 nitrogen and oxygen atoms in total. The fourth-order valence-electron chi connectivity index (χ4n) is 1.04. The molecule has 0 aliphatic carbocycles. The van der Waals surface area contributed by atoms with Gasteiger partial charge in [0.25, 0.3) is 0 Å². The molecule has 1 rings (SSSR count). The van der Waals surface area contributed by atoms with Crippen LogP contribution in [0.1, 0.15) is 18.9 Å². The molecule has 0 bridgehead atoms. The van der Waals surface area contributed by atoms with Crippen molar-refractivity contribution in [3.05, 3.63) is 17.0 Å². The summed E-state index contributed by atoms with van der Waals surface area (Å²) < 4.78 is 0. The van der Waals surface area contributed by atoms with Gasteiger partial charge in [-0.3, -0.25) is 4.79 Å². The Morgan fingerprint density at radius 1 is 1.79 bits per heavy atom. The van der Waals surface area contributed by atoms with Crippen LogP contribution < -0.4 is 5.32 Å². The van der Waals surface area contributed by atoms with Gasteiger partial charge in [0.1, 0.15) is 5.92 Å². The Kier molecular flexibility index (Phi) is 3.66. The fourth-order valence-corrected chi connectivity index (χ4v) is 1.86. The number of rotatable bonds is 3. The molecule has 1 amide bonds. The van der Waals surface area contributed by atoms with Crippen molar-refractivity contribution in [1.82, 2.24) is 0 Å². The van der Waals surface area contributed by atoms with Gasteiger partial charge in [-0.05, 0) is 30.4 Å². The van der Waals surface area contributed by atoms with E-state index in [-0.39, 0.29) is 5.91 Å². The zero-order valence-corrected chi connectivity index (χ0v) is 9.02. The smallest absolute Gasteiger partial charge is 0.242 e. The summed E-state index contributed by atoms with van der Waals surface area (Å²) in [5, 5.41) is 14.2. The molecule has 0 spiro atoms. The fraction of sp³-hybridized carbons (Fsp3) is 0.400. The molecular weight excluding hydrogens is 196 g/mol. The van der Waals surface area contributed by atoms with Crippen molar-refractivity contribution in [1.29, 1.82) is 5.26 Å². The first kappa shape index (κ1) is 10.7. The lowest BCUT2D eigenvalue weighted by Gasteiger charge is -2.06. The zero-order chi connectivity index (χ0) is 10.6. The minimum absolute atomic E-state index is 0.208. The number of aryl methyl sites for hydroxylation is 1. The summed E-state index contributed by atoms with van der Waals surface area (Å²) in [6.07, 6.45) is 0.548. The lowest BCUT2D eigenvalue weighted by molar-refractivity contribution is -0.118. The zero-order valence-electron chi connectivity index (χ0n) is 8.20. The predicted octanol–water partition coefficient (Wildman–Crippen LogP) is 2.54. The second-order valence-corrected chi connectivity index (χ2v) is 3.93. The van der Waals surface area contributed by atoms with Crippen molar-refractivity contribution >= 4 is 22.2 Å². The van der Waals surface area contributed by atoms with Gasteiger partial charge in [-0.25, -0.2) is 0 Å². The minimum atomic E-state index is -0.545. The SMILES string of the molecule is CCC(C#N)C(=O)Nc1sccc1C. The van der Waals surface area contributed by atoms with E-state index in [1.54, 1.807) is 0 Å². The Hall–Kier alpha value is -1.34. The van der Waals surface area contributed by atoms with E-state index < -0.39 is 5.92 Å². The van der Waals surface area contributed by atoms with Crippen LogP contribution in [0.3, 0.4) is 0 Å². The van der Waals surface area contributed by atoms with Gasteiger partial charge in [-0.1, -0.05) is 6.92 Å². The molecule has 0 aromatic carbocycles. The molecular formula is C10H12N2OS. The van der Waals surface area contributed by atoms with Gasteiger partial charge in [0.15, 0.2) is 0 Å². The maximum Gasteiger partial charge on any atom is 0.242 e. The van der Waals surface area contributed by atoms with Crippen molar-refractivity contribution < 1.29 is 4.79 Å². The molecule has 0 saturated carbocycles. The highest BCUT2D eigenvalue weighted by atomic mass is 32.1. The van der Waals surface area contributed by atoms with Crippen LogP contribution in [0.2, 0.25) is 0 Å². The molecule has 1 unspecified atom stereocenters. The highest BCUT2D eigenvalue weighted by Crippen LogP contribution is 2.22. The highest BCUT2D eigenvalue weighted by molar-refractivity contribution is 7.14. The Morgan fingerprint density at radius 3 is 2.93 bits per heavy atom. The van der Waals surface area contributed by atoms with Gasteiger partial charge in [-0.2, -0.15) is 5.26 Å². The summed E-state index contributed by atoms with van der Waals surface area (Å²) in [6.45, 7) is 3.76. The van der Waals surface area contributed by atoms with Gasteiger partial charge in [0, 0.05) is 0 Å². The van der Waals surface area contributed by atoms with Crippen LogP contribution in [0.15, 0.2) is 11.4 Å². The van der Waals surface area contributed by atoms with E-state index >= 15 is 0 Å². The van der Waals surface area contributed by atoms with Crippen LogP contribution in [0.25, 0.3) is 0 Å². The molecule has 1 aromatic rings. The summed E-state index contributed by atoms with van der Waals surface area (Å²) in [5.74, 6) is -0.753. The number of nitriles is 1. The molecule has 1 heterocycles. The van der Waals surface area contributed by atoms with E-state index in [4.69, 9.17) is 5.26 Å². The van der Waals surface area contributed by atoms with Crippen LogP contribution in [-0.2, 0) is 4.79 Å². The summed E-state index contributed by atoms with van der Waals surface area (Å²) >= 11 is 1.47. The van der Waals surface area contributed by atoms with Crippen LogP contribution in [0.5, 0.6) is 0 Å². The lowest BCUT2D eigenvalue weighted by atomic mass is 10.1. The standard InChI is InChI=1S/C10H12N2OS/c1-3-8(6-11)9(13)12-10-7(2)4-5-14-10/h4-5,8H,3H2,1-2H3,(H,12,13). The third-order valence-electron chi connectivity index (χ3n) is 1.98. The summed E-state index contributed by atoms with van der Waals surface area (Å²) in [6, 6.07) is 3.91. The van der Waals surface area contributed by atoms with E-state index in [0.717, 1.165) is 10.6 Å².